The molecular weight excluding hydrogens is 302 g/mol. The van der Waals surface area contributed by atoms with Crippen molar-refractivity contribution < 1.29 is 18.3 Å². The zero-order chi connectivity index (χ0) is 16.8. The molecule has 4 nitrogen and oxygen atoms in total. The molecule has 0 saturated heterocycles. The maximum Gasteiger partial charge on any atom is 0.387 e. The van der Waals surface area contributed by atoms with Crippen molar-refractivity contribution in [1.29, 1.82) is 0 Å². The van der Waals surface area contributed by atoms with E-state index in [1.54, 1.807) is 24.5 Å². The van der Waals surface area contributed by atoms with Crippen LogP contribution in [0.1, 0.15) is 35.8 Å². The molecule has 1 aromatic carbocycles. The fourth-order valence-corrected chi connectivity index (χ4v) is 2.23. The summed E-state index contributed by atoms with van der Waals surface area (Å²) in [7, 11) is 0. The Bertz CT molecular complexity index is 648. The monoisotopic (exact) mass is 320 g/mol. The number of aromatic nitrogens is 1. The van der Waals surface area contributed by atoms with Gasteiger partial charge in [0.05, 0.1) is 6.04 Å². The summed E-state index contributed by atoms with van der Waals surface area (Å²) in [4.78, 5) is 16.5. The smallest absolute Gasteiger partial charge is 0.387 e. The number of ether oxygens (including phenoxy) is 1. The number of carbonyl (C=O) groups is 1. The summed E-state index contributed by atoms with van der Waals surface area (Å²) in [5.41, 5.74) is 1.15. The first-order chi connectivity index (χ1) is 11.0. The molecule has 2 rings (SSSR count). The second-order valence-electron chi connectivity index (χ2n) is 5.39. The molecular formula is C17H18F2N2O2. The second kappa shape index (κ2) is 7.67. The highest BCUT2D eigenvalue weighted by atomic mass is 19.3. The van der Waals surface area contributed by atoms with Gasteiger partial charge in [-0.2, -0.15) is 8.78 Å². The Hall–Kier alpha value is -2.50. The lowest BCUT2D eigenvalue weighted by Gasteiger charge is -2.22. The molecule has 6 heteroatoms. The van der Waals surface area contributed by atoms with Gasteiger partial charge in [-0.25, -0.2) is 0 Å². The summed E-state index contributed by atoms with van der Waals surface area (Å²) in [6, 6.07) is 9.18. The second-order valence-corrected chi connectivity index (χ2v) is 5.39. The van der Waals surface area contributed by atoms with Crippen LogP contribution in [0.15, 0.2) is 48.8 Å². The summed E-state index contributed by atoms with van der Waals surface area (Å²) in [6.07, 6.45) is 3.36. The van der Waals surface area contributed by atoms with Gasteiger partial charge in [-0.1, -0.05) is 26.0 Å². The van der Waals surface area contributed by atoms with E-state index in [0.29, 0.717) is 0 Å². The molecule has 0 aliphatic heterocycles. The average Bonchev–Trinajstić information content (AvgIpc) is 2.52. The molecule has 23 heavy (non-hydrogen) atoms. The maximum absolute atomic E-state index is 12.4. The number of nitrogens with zero attached hydrogens (tertiary/aromatic N) is 1. The Kier molecular flexibility index (Phi) is 5.62. The minimum Gasteiger partial charge on any atom is -0.435 e. The van der Waals surface area contributed by atoms with E-state index in [-0.39, 0.29) is 29.2 Å². The van der Waals surface area contributed by atoms with Crippen molar-refractivity contribution in [2.45, 2.75) is 26.5 Å². The molecule has 0 fully saturated rings. The third-order valence-corrected chi connectivity index (χ3v) is 3.32. The number of amides is 1. The van der Waals surface area contributed by atoms with E-state index in [1.165, 1.54) is 18.2 Å². The topological polar surface area (TPSA) is 51.2 Å². The number of alkyl halides is 2. The number of benzene rings is 1. The van der Waals surface area contributed by atoms with Gasteiger partial charge in [-0.05, 0) is 35.7 Å². The van der Waals surface area contributed by atoms with Gasteiger partial charge >= 0.3 is 6.61 Å². The van der Waals surface area contributed by atoms with Gasteiger partial charge in [0, 0.05) is 18.0 Å². The predicted molar refractivity (Wildman–Crippen MR) is 82.4 cm³/mol. The van der Waals surface area contributed by atoms with Gasteiger partial charge in [0.2, 0.25) is 0 Å². The van der Waals surface area contributed by atoms with Crippen LogP contribution in [-0.2, 0) is 0 Å². The Morgan fingerprint density at radius 2 is 2.00 bits per heavy atom. The van der Waals surface area contributed by atoms with E-state index >= 15 is 0 Å². The molecule has 0 aliphatic carbocycles. The van der Waals surface area contributed by atoms with Gasteiger partial charge in [-0.15, -0.1) is 0 Å². The summed E-state index contributed by atoms with van der Waals surface area (Å²) in [6.45, 7) is 1.04. The lowest BCUT2D eigenvalue weighted by Crippen LogP contribution is -2.31. The van der Waals surface area contributed by atoms with E-state index < -0.39 is 6.61 Å². The van der Waals surface area contributed by atoms with Gasteiger partial charge < -0.3 is 10.1 Å². The van der Waals surface area contributed by atoms with E-state index in [2.05, 4.69) is 15.0 Å². The van der Waals surface area contributed by atoms with Crippen LogP contribution in [0.2, 0.25) is 0 Å². The standard InChI is InChI=1S/C17H18F2N2O2/c1-11(2)15(13-6-4-8-20-10-13)21-16(22)12-5-3-7-14(9-12)23-17(18)19/h3-11,15,17H,1-2H3,(H,21,22)/t15-/m1/s1. The number of pyridine rings is 1. The quantitative estimate of drug-likeness (QED) is 0.880. The van der Waals surface area contributed by atoms with E-state index in [1.807, 2.05) is 19.9 Å². The largest absolute Gasteiger partial charge is 0.435 e. The highest BCUT2D eigenvalue weighted by Crippen LogP contribution is 2.22. The number of rotatable bonds is 6. The molecule has 0 unspecified atom stereocenters. The molecule has 1 heterocycles. The molecule has 1 aromatic heterocycles. The normalized spacial score (nSPS) is 12.3. The van der Waals surface area contributed by atoms with Crippen molar-refractivity contribution in [3.8, 4) is 5.75 Å². The number of halogens is 2. The minimum atomic E-state index is -2.92. The summed E-state index contributed by atoms with van der Waals surface area (Å²) >= 11 is 0. The Balaban J connectivity index is 2.16. The highest BCUT2D eigenvalue weighted by molar-refractivity contribution is 5.94. The third kappa shape index (κ3) is 4.74. The van der Waals surface area contributed by atoms with Crippen LogP contribution in [-0.4, -0.2) is 17.5 Å². The van der Waals surface area contributed by atoms with Gasteiger partial charge in [0.25, 0.3) is 5.91 Å². The van der Waals surface area contributed by atoms with E-state index in [9.17, 15) is 13.6 Å². The highest BCUT2D eigenvalue weighted by Gasteiger charge is 2.19. The van der Waals surface area contributed by atoms with Crippen LogP contribution in [0.3, 0.4) is 0 Å². The Morgan fingerprint density at radius 3 is 2.61 bits per heavy atom. The van der Waals surface area contributed by atoms with Crippen molar-refractivity contribution in [1.82, 2.24) is 10.3 Å². The molecule has 0 spiro atoms. The SMILES string of the molecule is CC(C)[C@@H](NC(=O)c1cccc(OC(F)F)c1)c1cccnc1. The summed E-state index contributed by atoms with van der Waals surface area (Å²) in [5.74, 6) is -0.258. The van der Waals surface area contributed by atoms with E-state index in [4.69, 9.17) is 0 Å². The summed E-state index contributed by atoms with van der Waals surface area (Å²) < 4.78 is 28.8. The van der Waals surface area contributed by atoms with Crippen molar-refractivity contribution in [3.05, 3.63) is 59.9 Å². The molecule has 122 valence electrons. The fourth-order valence-electron chi connectivity index (χ4n) is 2.23. The first kappa shape index (κ1) is 16.9. The lowest BCUT2D eigenvalue weighted by molar-refractivity contribution is -0.0498. The van der Waals surface area contributed by atoms with Gasteiger partial charge in [0.15, 0.2) is 0 Å². The third-order valence-electron chi connectivity index (χ3n) is 3.32. The van der Waals surface area contributed by atoms with Gasteiger partial charge in [-0.3, -0.25) is 9.78 Å². The van der Waals surface area contributed by atoms with Crippen molar-refractivity contribution in [2.75, 3.05) is 0 Å². The number of carbonyl (C=O) groups excluding carboxylic acids is 1. The lowest BCUT2D eigenvalue weighted by atomic mass is 9.97. The van der Waals surface area contributed by atoms with Crippen molar-refractivity contribution in [2.24, 2.45) is 5.92 Å². The van der Waals surface area contributed by atoms with Crippen LogP contribution in [0, 0.1) is 5.92 Å². The van der Waals surface area contributed by atoms with Crippen molar-refractivity contribution in [3.63, 3.8) is 0 Å². The molecule has 1 amide bonds. The first-order valence-electron chi connectivity index (χ1n) is 7.23. The zero-order valence-electron chi connectivity index (χ0n) is 12.9. The first-order valence-corrected chi connectivity index (χ1v) is 7.23. The van der Waals surface area contributed by atoms with Crippen LogP contribution in [0.25, 0.3) is 0 Å². The molecule has 1 N–H and O–H groups in total. The number of hydrogen-bond donors (Lipinski definition) is 1. The molecule has 0 saturated carbocycles. The summed E-state index contributed by atoms with van der Waals surface area (Å²) in [5, 5.41) is 2.91. The predicted octanol–water partition coefficient (Wildman–Crippen LogP) is 3.81. The zero-order valence-corrected chi connectivity index (χ0v) is 12.9. The number of hydrogen-bond acceptors (Lipinski definition) is 3. The molecule has 0 bridgehead atoms. The van der Waals surface area contributed by atoms with Crippen LogP contribution in [0.5, 0.6) is 5.75 Å². The van der Waals surface area contributed by atoms with Crippen LogP contribution < -0.4 is 10.1 Å². The molecule has 2 aromatic rings. The maximum atomic E-state index is 12.4. The fraction of sp³-hybridized carbons (Fsp3) is 0.294. The molecule has 0 aliphatic rings. The van der Waals surface area contributed by atoms with E-state index in [0.717, 1.165) is 5.56 Å². The van der Waals surface area contributed by atoms with Crippen LogP contribution >= 0.6 is 0 Å². The Morgan fingerprint density at radius 1 is 1.22 bits per heavy atom. The average molecular weight is 320 g/mol. The van der Waals surface area contributed by atoms with Crippen LogP contribution in [0.4, 0.5) is 8.78 Å². The van der Waals surface area contributed by atoms with Gasteiger partial charge in [0.1, 0.15) is 5.75 Å². The van der Waals surface area contributed by atoms with Crippen molar-refractivity contribution >= 4 is 5.91 Å². The number of nitrogens with one attached hydrogen (secondary N) is 1. The minimum absolute atomic E-state index is 0.0462. The molecule has 1 atom stereocenters. The Labute approximate surface area is 133 Å². The molecule has 0 radical (unpaired) electrons.